The Morgan fingerprint density at radius 3 is 2.92 bits per heavy atom. The number of hydrogen-bond acceptors (Lipinski definition) is 4. The van der Waals surface area contributed by atoms with Gasteiger partial charge in [-0.2, -0.15) is 0 Å². The molecular weight excluding hydrogens is 431 g/mol. The van der Waals surface area contributed by atoms with Crippen molar-refractivity contribution in [2.24, 2.45) is 16.6 Å². The lowest BCUT2D eigenvalue weighted by molar-refractivity contribution is -0.122. The number of aromatic nitrogens is 1. The molecule has 1 aliphatic heterocycles. The van der Waals surface area contributed by atoms with E-state index in [1.807, 2.05) is 6.07 Å². The summed E-state index contributed by atoms with van der Waals surface area (Å²) in [4.78, 5) is 22.5. The molecule has 1 amide bonds. The van der Waals surface area contributed by atoms with Crippen LogP contribution in [0.25, 0.3) is 0 Å². The summed E-state index contributed by atoms with van der Waals surface area (Å²) in [5.74, 6) is 1.44. The average Bonchev–Trinajstić information content (AvgIpc) is 3.43. The number of aliphatic imine (C=N–C) groups is 1. The minimum atomic E-state index is -0.218. The van der Waals surface area contributed by atoms with Crippen molar-refractivity contribution in [3.63, 3.8) is 0 Å². The summed E-state index contributed by atoms with van der Waals surface area (Å²) >= 11 is 0. The summed E-state index contributed by atoms with van der Waals surface area (Å²) in [6, 6.07) is 4.56. The summed E-state index contributed by atoms with van der Waals surface area (Å²) in [7, 11) is 1.78. The van der Waals surface area contributed by atoms with Gasteiger partial charge in [0, 0.05) is 44.5 Å². The van der Waals surface area contributed by atoms with E-state index in [0.717, 1.165) is 36.7 Å². The number of guanidine groups is 1. The molecule has 1 saturated heterocycles. The molecule has 1 unspecified atom stereocenters. The first-order valence-electron chi connectivity index (χ1n) is 8.62. The Morgan fingerprint density at radius 1 is 1.44 bits per heavy atom. The molecule has 1 saturated carbocycles. The Kier molecular flexibility index (Phi) is 7.27. The van der Waals surface area contributed by atoms with Crippen molar-refractivity contribution < 1.29 is 4.79 Å². The van der Waals surface area contributed by atoms with Gasteiger partial charge in [-0.3, -0.25) is 9.79 Å². The molecule has 0 radical (unpaired) electrons. The van der Waals surface area contributed by atoms with E-state index in [4.69, 9.17) is 5.73 Å². The van der Waals surface area contributed by atoms with Gasteiger partial charge in [-0.1, -0.05) is 6.07 Å². The zero-order valence-corrected chi connectivity index (χ0v) is 16.9. The van der Waals surface area contributed by atoms with E-state index in [0.29, 0.717) is 19.1 Å². The minimum absolute atomic E-state index is 0. The summed E-state index contributed by atoms with van der Waals surface area (Å²) in [6.45, 7) is 2.20. The smallest absolute Gasteiger partial charge is 0.222 e. The van der Waals surface area contributed by atoms with Gasteiger partial charge in [-0.05, 0) is 31.7 Å². The molecule has 2 aliphatic rings. The molecule has 1 aromatic rings. The molecular formula is C17H27IN6O. The van der Waals surface area contributed by atoms with Gasteiger partial charge in [-0.25, -0.2) is 4.98 Å². The van der Waals surface area contributed by atoms with E-state index in [1.54, 1.807) is 13.2 Å². The number of primary amides is 1. The van der Waals surface area contributed by atoms with Gasteiger partial charge < -0.3 is 21.3 Å². The van der Waals surface area contributed by atoms with E-state index in [2.05, 4.69) is 31.6 Å². The number of carbonyl (C=O) groups is 1. The fourth-order valence-corrected chi connectivity index (χ4v) is 3.05. The second-order valence-corrected chi connectivity index (χ2v) is 6.52. The van der Waals surface area contributed by atoms with E-state index in [-0.39, 0.29) is 35.8 Å². The predicted molar refractivity (Wildman–Crippen MR) is 110 cm³/mol. The zero-order valence-electron chi connectivity index (χ0n) is 14.6. The van der Waals surface area contributed by atoms with Crippen LogP contribution in [0.15, 0.2) is 23.3 Å². The van der Waals surface area contributed by atoms with Crippen LogP contribution < -0.4 is 21.3 Å². The Bertz CT molecular complexity index is 619. The highest BCUT2D eigenvalue weighted by molar-refractivity contribution is 14.0. The number of nitrogens with one attached hydrogen (secondary N) is 2. The molecule has 0 aromatic carbocycles. The second kappa shape index (κ2) is 9.21. The Labute approximate surface area is 165 Å². The maximum Gasteiger partial charge on any atom is 0.222 e. The van der Waals surface area contributed by atoms with E-state index in [1.165, 1.54) is 12.8 Å². The van der Waals surface area contributed by atoms with Crippen molar-refractivity contribution in [3.8, 4) is 0 Å². The standard InChI is InChI=1S/C17H26N6O.HI/c1-19-17(22-14-6-7-14)21-10-12-4-2-8-20-16(12)23-9-3-5-13(11-23)15(18)24;/h2,4,8,13-14H,3,5-7,9-11H2,1H3,(H2,18,24)(H2,19,21,22);1H. The first-order valence-corrected chi connectivity index (χ1v) is 8.62. The topological polar surface area (TPSA) is 95.6 Å². The van der Waals surface area contributed by atoms with Crippen molar-refractivity contribution >= 4 is 41.7 Å². The molecule has 2 heterocycles. The van der Waals surface area contributed by atoms with Gasteiger partial charge in [0.1, 0.15) is 5.82 Å². The summed E-state index contributed by atoms with van der Waals surface area (Å²) < 4.78 is 0. The zero-order chi connectivity index (χ0) is 16.9. The number of nitrogens with zero attached hydrogens (tertiary/aromatic N) is 3. The number of nitrogens with two attached hydrogens (primary N) is 1. The van der Waals surface area contributed by atoms with Crippen LogP contribution in [0.3, 0.4) is 0 Å². The third-order valence-corrected chi connectivity index (χ3v) is 4.58. The normalized spacial score (nSPS) is 20.6. The average molecular weight is 458 g/mol. The first-order chi connectivity index (χ1) is 11.7. The van der Waals surface area contributed by atoms with Gasteiger partial charge in [0.05, 0.1) is 5.92 Å². The fourth-order valence-electron chi connectivity index (χ4n) is 3.05. The molecule has 3 rings (SSSR count). The van der Waals surface area contributed by atoms with Gasteiger partial charge >= 0.3 is 0 Å². The molecule has 25 heavy (non-hydrogen) atoms. The van der Waals surface area contributed by atoms with Crippen molar-refractivity contribution in [2.45, 2.75) is 38.3 Å². The predicted octanol–water partition coefficient (Wildman–Crippen LogP) is 1.23. The maximum atomic E-state index is 11.5. The van der Waals surface area contributed by atoms with Crippen molar-refractivity contribution in [3.05, 3.63) is 23.9 Å². The van der Waals surface area contributed by atoms with Gasteiger partial charge in [0.15, 0.2) is 5.96 Å². The number of pyridine rings is 1. The summed E-state index contributed by atoms with van der Waals surface area (Å²) in [5.41, 5.74) is 6.59. The van der Waals surface area contributed by atoms with Gasteiger partial charge in [-0.15, -0.1) is 24.0 Å². The number of anilines is 1. The van der Waals surface area contributed by atoms with E-state index < -0.39 is 0 Å². The van der Waals surface area contributed by atoms with Crippen LogP contribution >= 0.6 is 24.0 Å². The quantitative estimate of drug-likeness (QED) is 0.351. The molecule has 1 aliphatic carbocycles. The van der Waals surface area contributed by atoms with Gasteiger partial charge in [0.25, 0.3) is 0 Å². The van der Waals surface area contributed by atoms with Crippen LogP contribution in [0.1, 0.15) is 31.2 Å². The van der Waals surface area contributed by atoms with Crippen molar-refractivity contribution in [2.75, 3.05) is 25.0 Å². The largest absolute Gasteiger partial charge is 0.369 e. The highest BCUT2D eigenvalue weighted by Gasteiger charge is 2.26. The molecule has 0 spiro atoms. The summed E-state index contributed by atoms with van der Waals surface area (Å²) in [5, 5.41) is 6.73. The first kappa shape index (κ1) is 19.7. The fraction of sp³-hybridized carbons (Fsp3) is 0.588. The number of carbonyl (C=O) groups excluding carboxylic acids is 1. The lowest BCUT2D eigenvalue weighted by Gasteiger charge is -2.33. The molecule has 8 heteroatoms. The molecule has 1 aromatic heterocycles. The lowest BCUT2D eigenvalue weighted by Crippen LogP contribution is -2.42. The second-order valence-electron chi connectivity index (χ2n) is 6.52. The monoisotopic (exact) mass is 458 g/mol. The minimum Gasteiger partial charge on any atom is -0.369 e. The van der Waals surface area contributed by atoms with E-state index in [9.17, 15) is 4.79 Å². The van der Waals surface area contributed by atoms with Crippen molar-refractivity contribution in [1.29, 1.82) is 0 Å². The Hall–Kier alpha value is -1.58. The molecule has 7 nitrogen and oxygen atoms in total. The molecule has 138 valence electrons. The SMILES string of the molecule is CN=C(NCc1cccnc1N1CCCC(C(N)=O)C1)NC1CC1.I. The number of rotatable bonds is 5. The van der Waals surface area contributed by atoms with Crippen LogP contribution in [-0.2, 0) is 11.3 Å². The summed E-state index contributed by atoms with van der Waals surface area (Å²) in [6.07, 6.45) is 6.04. The van der Waals surface area contributed by atoms with Crippen LogP contribution in [0.4, 0.5) is 5.82 Å². The van der Waals surface area contributed by atoms with Crippen molar-refractivity contribution in [1.82, 2.24) is 15.6 Å². The van der Waals surface area contributed by atoms with Crippen LogP contribution in [0, 0.1) is 5.92 Å². The van der Waals surface area contributed by atoms with E-state index >= 15 is 0 Å². The lowest BCUT2D eigenvalue weighted by atomic mass is 9.97. The third-order valence-electron chi connectivity index (χ3n) is 4.58. The number of hydrogen-bond donors (Lipinski definition) is 3. The number of amides is 1. The van der Waals surface area contributed by atoms with Crippen LogP contribution in [0.2, 0.25) is 0 Å². The maximum absolute atomic E-state index is 11.5. The van der Waals surface area contributed by atoms with Gasteiger partial charge in [0.2, 0.25) is 5.91 Å². The molecule has 0 bridgehead atoms. The Balaban J connectivity index is 0.00000225. The molecule has 2 fully saturated rings. The molecule has 1 atom stereocenters. The van der Waals surface area contributed by atoms with Crippen LogP contribution in [0.5, 0.6) is 0 Å². The third kappa shape index (κ3) is 5.45. The highest BCUT2D eigenvalue weighted by atomic mass is 127. The highest BCUT2D eigenvalue weighted by Crippen LogP contribution is 2.24. The number of halogens is 1. The Morgan fingerprint density at radius 2 is 2.24 bits per heavy atom. The number of piperidine rings is 1. The van der Waals surface area contributed by atoms with Crippen LogP contribution in [-0.4, -0.2) is 43.0 Å². The molecule has 4 N–H and O–H groups in total.